The molecule has 4 aliphatic rings. The molecular formula is C49H53BrClN9O3. The van der Waals surface area contributed by atoms with Gasteiger partial charge >= 0.3 is 0 Å². The van der Waals surface area contributed by atoms with Crippen molar-refractivity contribution >= 4 is 67.1 Å². The van der Waals surface area contributed by atoms with Crippen molar-refractivity contribution in [2.45, 2.75) is 109 Å². The Morgan fingerprint density at radius 2 is 1.59 bits per heavy atom. The van der Waals surface area contributed by atoms with Crippen molar-refractivity contribution in [3.8, 4) is 11.8 Å². The number of hydrogen-bond donors (Lipinski definition) is 1. The molecule has 10 rings (SSSR count). The summed E-state index contributed by atoms with van der Waals surface area (Å²) in [4.78, 5) is 45.9. The number of aromatic nitrogens is 5. The highest BCUT2D eigenvalue weighted by molar-refractivity contribution is 9.10. The van der Waals surface area contributed by atoms with E-state index < -0.39 is 0 Å². The van der Waals surface area contributed by atoms with Gasteiger partial charge in [0.05, 0.1) is 38.1 Å². The van der Waals surface area contributed by atoms with Gasteiger partial charge in [0.15, 0.2) is 0 Å². The maximum atomic E-state index is 13.5. The van der Waals surface area contributed by atoms with Crippen LogP contribution < -0.4 is 20.5 Å². The first-order valence-electron chi connectivity index (χ1n) is 22.5. The predicted molar refractivity (Wildman–Crippen MR) is 250 cm³/mol. The lowest BCUT2D eigenvalue weighted by atomic mass is 9.49. The number of nitrogens with one attached hydrogen (secondary N) is 1. The van der Waals surface area contributed by atoms with Crippen LogP contribution in [0.2, 0.25) is 5.02 Å². The Morgan fingerprint density at radius 1 is 0.873 bits per heavy atom. The average molecular weight is 931 g/mol. The molecule has 0 spiro atoms. The topological polar surface area (TPSA) is 134 Å². The Bertz CT molecular complexity index is 2830. The van der Waals surface area contributed by atoms with Crippen molar-refractivity contribution in [1.29, 1.82) is 5.26 Å². The van der Waals surface area contributed by atoms with E-state index in [1.165, 1.54) is 23.9 Å². The Hall–Kier alpha value is -5.03. The number of amides is 1. The Morgan fingerprint density at radius 3 is 2.27 bits per heavy atom. The van der Waals surface area contributed by atoms with Crippen LogP contribution in [-0.4, -0.2) is 79.1 Å². The van der Waals surface area contributed by atoms with Crippen LogP contribution in [0.25, 0.3) is 27.7 Å². The average Bonchev–Trinajstić information content (AvgIpc) is 3.93. The number of hydrogen-bond acceptors (Lipinski definition) is 9. The molecule has 2 saturated heterocycles. The third-order valence-electron chi connectivity index (χ3n) is 14.8. The summed E-state index contributed by atoms with van der Waals surface area (Å²) in [6.45, 7) is 12.2. The summed E-state index contributed by atoms with van der Waals surface area (Å²) in [5.41, 5.74) is 4.47. The van der Waals surface area contributed by atoms with Gasteiger partial charge in [-0.15, -0.1) is 0 Å². The number of likely N-dealkylation sites (tertiary alicyclic amines) is 1. The maximum Gasteiger partial charge on any atom is 0.283 e. The number of ether oxygens (including phenoxy) is 1. The first-order chi connectivity index (χ1) is 30.3. The van der Waals surface area contributed by atoms with E-state index in [1.54, 1.807) is 30.6 Å². The van der Waals surface area contributed by atoms with E-state index in [0.29, 0.717) is 51.2 Å². The smallest absolute Gasteiger partial charge is 0.283 e. The summed E-state index contributed by atoms with van der Waals surface area (Å²) in [6, 6.07) is 20.8. The van der Waals surface area contributed by atoms with Gasteiger partial charge in [-0.05, 0) is 115 Å². The minimum absolute atomic E-state index is 0.159. The molecule has 3 aromatic heterocycles. The molecule has 6 aromatic rings. The molecule has 326 valence electrons. The molecule has 0 unspecified atom stereocenters. The molecule has 0 radical (unpaired) electrons. The van der Waals surface area contributed by atoms with Crippen molar-refractivity contribution < 1.29 is 9.53 Å². The van der Waals surface area contributed by atoms with Gasteiger partial charge < -0.3 is 24.4 Å². The number of halogens is 2. The molecule has 0 bridgehead atoms. The highest BCUT2D eigenvalue weighted by Gasteiger charge is 2.64. The van der Waals surface area contributed by atoms with E-state index in [-0.39, 0.29) is 34.4 Å². The second-order valence-corrected chi connectivity index (χ2v) is 20.6. The van der Waals surface area contributed by atoms with Crippen LogP contribution in [-0.2, 0) is 0 Å². The number of fused-ring (bicyclic) bond motifs is 5. The molecule has 12 nitrogen and oxygen atoms in total. The molecule has 14 heteroatoms. The van der Waals surface area contributed by atoms with Crippen molar-refractivity contribution in [3.05, 3.63) is 104 Å². The number of imidazole rings is 1. The van der Waals surface area contributed by atoms with Crippen molar-refractivity contribution in [2.75, 3.05) is 31.1 Å². The van der Waals surface area contributed by atoms with E-state index in [1.807, 2.05) is 18.2 Å². The highest BCUT2D eigenvalue weighted by atomic mass is 79.9. The summed E-state index contributed by atoms with van der Waals surface area (Å²) < 4.78 is 11.8. The Labute approximate surface area is 380 Å². The van der Waals surface area contributed by atoms with Gasteiger partial charge in [0.2, 0.25) is 11.7 Å². The largest absolute Gasteiger partial charge is 0.489 e. The molecule has 1 amide bonds. The number of benzene rings is 3. The van der Waals surface area contributed by atoms with Gasteiger partial charge in [0, 0.05) is 65.0 Å². The zero-order valence-corrected chi connectivity index (χ0v) is 38.6. The second kappa shape index (κ2) is 16.2. The fourth-order valence-electron chi connectivity index (χ4n) is 11.9. The summed E-state index contributed by atoms with van der Waals surface area (Å²) in [5.74, 6) is 2.28. The summed E-state index contributed by atoms with van der Waals surface area (Å²) >= 11 is 9.89. The molecular weight excluding hydrogens is 878 g/mol. The molecule has 2 saturated carbocycles. The van der Waals surface area contributed by atoms with Crippen LogP contribution in [0.4, 0.5) is 5.95 Å². The fourth-order valence-corrected chi connectivity index (χ4v) is 12.6. The van der Waals surface area contributed by atoms with E-state index in [0.717, 1.165) is 86.0 Å². The van der Waals surface area contributed by atoms with Crippen LogP contribution in [0.1, 0.15) is 113 Å². The van der Waals surface area contributed by atoms with Crippen molar-refractivity contribution in [2.24, 2.45) is 10.8 Å². The highest BCUT2D eigenvalue weighted by Crippen LogP contribution is 2.55. The molecule has 3 aromatic carbocycles. The zero-order valence-electron chi connectivity index (χ0n) is 36.3. The Kier molecular flexibility index (Phi) is 10.8. The van der Waals surface area contributed by atoms with Crippen LogP contribution in [0.15, 0.2) is 76.3 Å². The lowest BCUT2D eigenvalue weighted by molar-refractivity contribution is -0.164. The maximum absolute atomic E-state index is 13.5. The van der Waals surface area contributed by atoms with Gasteiger partial charge in [-0.25, -0.2) is 9.97 Å². The van der Waals surface area contributed by atoms with Crippen molar-refractivity contribution in [3.63, 3.8) is 0 Å². The molecule has 2 aliphatic heterocycles. The monoisotopic (exact) mass is 929 g/mol. The molecule has 5 heterocycles. The normalized spacial score (nSPS) is 22.1. The zero-order chi connectivity index (χ0) is 43.8. The van der Waals surface area contributed by atoms with Gasteiger partial charge in [-0.3, -0.25) is 14.0 Å². The SMILES string of the molecule is CC1(C)C(NC(=O)c2cnc(N3CCC(N4CCC(c5ccc6c(c5)n(C5CCCC5)c5nc(=O)c7c(Br)cccc7n65)CC4)CC3)nc2)C(C)(C)C1Oc1ccc(C#N)c(Cl)c1. The fraction of sp³-hybridized carbons (Fsp3) is 0.469. The van der Waals surface area contributed by atoms with Crippen LogP contribution in [0.5, 0.6) is 5.75 Å². The molecule has 0 atom stereocenters. The first kappa shape index (κ1) is 42.0. The van der Waals surface area contributed by atoms with Crippen LogP contribution >= 0.6 is 27.5 Å². The number of nitriles is 1. The number of piperidine rings is 2. The van der Waals surface area contributed by atoms with Crippen LogP contribution in [0, 0.1) is 22.2 Å². The minimum Gasteiger partial charge on any atom is -0.489 e. The summed E-state index contributed by atoms with van der Waals surface area (Å²) in [7, 11) is 0. The number of rotatable bonds is 8. The Balaban J connectivity index is 0.755. The second-order valence-electron chi connectivity index (χ2n) is 19.3. The number of carbonyl (C=O) groups excluding carboxylic acids is 1. The number of anilines is 1. The minimum atomic E-state index is -0.374. The predicted octanol–water partition coefficient (Wildman–Crippen LogP) is 9.46. The lowest BCUT2D eigenvalue weighted by Gasteiger charge is -2.63. The summed E-state index contributed by atoms with van der Waals surface area (Å²) in [6.07, 6.45) is 12.0. The molecule has 63 heavy (non-hydrogen) atoms. The lowest BCUT2D eigenvalue weighted by Crippen LogP contribution is -2.74. The third-order valence-corrected chi connectivity index (χ3v) is 15.8. The van der Waals surface area contributed by atoms with Crippen LogP contribution in [0.3, 0.4) is 0 Å². The van der Waals surface area contributed by atoms with E-state index in [4.69, 9.17) is 21.3 Å². The summed E-state index contributed by atoms with van der Waals surface area (Å²) in [5, 5.41) is 13.5. The molecule has 1 N–H and O–H groups in total. The molecule has 2 aliphatic carbocycles. The van der Waals surface area contributed by atoms with Gasteiger partial charge in [-0.2, -0.15) is 10.2 Å². The molecule has 4 fully saturated rings. The third kappa shape index (κ3) is 7.26. The standard InChI is InChI=1S/C49H53BrClN9O3/c1-48(2)44(49(3,4)45(48)63-35-14-12-31(26-52)37(51)25-35)55-42(61)32-27-53-46(54-28-32)58-22-18-33(19-23-58)57-20-16-29(17-21-57)30-13-15-38-40(24-30)59(34-8-5-6-9-34)47-56-43(62)41-36(50)10-7-11-39(41)60(38)47/h7,10-15,24-25,27-29,33-34,44-45H,5-6,8-9,16-23H2,1-4H3,(H,55,61). The number of carbonyl (C=O) groups is 1. The van der Waals surface area contributed by atoms with E-state index >= 15 is 0 Å². The van der Waals surface area contributed by atoms with E-state index in [9.17, 15) is 14.9 Å². The van der Waals surface area contributed by atoms with Crippen molar-refractivity contribution in [1.82, 2.24) is 34.1 Å². The van der Waals surface area contributed by atoms with Gasteiger partial charge in [0.25, 0.3) is 11.5 Å². The quantitative estimate of drug-likeness (QED) is 0.159. The first-order valence-corrected chi connectivity index (χ1v) is 23.6. The van der Waals surface area contributed by atoms with Gasteiger partial charge in [-0.1, -0.05) is 64.3 Å². The number of nitrogens with zero attached hydrogens (tertiary/aromatic N) is 8. The van der Waals surface area contributed by atoms with E-state index in [2.05, 4.69) is 102 Å². The van der Waals surface area contributed by atoms with Gasteiger partial charge in [0.1, 0.15) is 17.9 Å².